The number of aromatic nitrogens is 2. The molecule has 0 bridgehead atoms. The third-order valence-electron chi connectivity index (χ3n) is 9.00. The minimum absolute atomic E-state index is 0.111. The second-order valence-corrected chi connectivity index (χ2v) is 15.6. The Hall–Kier alpha value is -6.98. The first-order valence-corrected chi connectivity index (χ1v) is 19.4. The van der Waals surface area contributed by atoms with Gasteiger partial charge in [0, 0.05) is 45.4 Å². The molecule has 0 atom stereocenters. The van der Waals surface area contributed by atoms with Gasteiger partial charge in [0.05, 0.1) is 30.3 Å². The topological polar surface area (TPSA) is 177 Å². The normalized spacial score (nSPS) is 15.6. The van der Waals surface area contributed by atoms with E-state index in [1.54, 1.807) is 60.7 Å². The number of hydrogen-bond acceptors (Lipinski definition) is 12. The van der Waals surface area contributed by atoms with Gasteiger partial charge in [0.25, 0.3) is 23.2 Å². The number of amidine groups is 2. The van der Waals surface area contributed by atoms with Gasteiger partial charge in [-0.15, -0.1) is 0 Å². The van der Waals surface area contributed by atoms with Gasteiger partial charge in [0.1, 0.15) is 23.1 Å². The maximum atomic E-state index is 14.0. The van der Waals surface area contributed by atoms with Crippen LogP contribution in [0.25, 0.3) is 32.6 Å². The number of carbonyl (C=O) groups excluding carboxylic acids is 2. The summed E-state index contributed by atoms with van der Waals surface area (Å²) in [6, 6.07) is 28.9. The van der Waals surface area contributed by atoms with Crippen LogP contribution in [0.4, 0.5) is 21.6 Å². The fraction of sp³-hybridized carbons (Fsp3) is 0. The van der Waals surface area contributed by atoms with Crippen LogP contribution in [0, 0.1) is 20.2 Å². The molecule has 0 saturated carbocycles. The number of nitrogens with zero attached hydrogens (tertiary/aromatic N) is 8. The Morgan fingerprint density at radius 3 is 1.26 bits per heavy atom. The van der Waals surface area contributed by atoms with Gasteiger partial charge in [-0.25, -0.2) is 29.8 Å². The molecule has 0 fully saturated rings. The lowest BCUT2D eigenvalue weighted by molar-refractivity contribution is -0.385. The summed E-state index contributed by atoms with van der Waals surface area (Å²) in [4.78, 5) is 71.6. The maximum Gasteiger partial charge on any atom is 0.284 e. The lowest BCUT2D eigenvalue weighted by Gasteiger charge is -2.15. The molecule has 0 saturated heterocycles. The van der Waals surface area contributed by atoms with E-state index in [9.17, 15) is 29.8 Å². The van der Waals surface area contributed by atoms with Gasteiger partial charge in [-0.1, -0.05) is 70.1 Å². The molecule has 0 spiro atoms. The predicted octanol–water partition coefficient (Wildman–Crippen LogP) is 9.70. The summed E-state index contributed by atoms with van der Waals surface area (Å²) in [5.41, 5.74) is 3.46. The Morgan fingerprint density at radius 2 is 0.914 bits per heavy atom. The smallest absolute Gasteiger partial charge is 0.266 e. The first-order valence-electron chi connectivity index (χ1n) is 17.0. The van der Waals surface area contributed by atoms with E-state index in [0.29, 0.717) is 63.0 Å². The van der Waals surface area contributed by atoms with Crippen LogP contribution < -0.4 is 9.80 Å². The number of benzene rings is 5. The fourth-order valence-corrected chi connectivity index (χ4v) is 8.40. The maximum absolute atomic E-state index is 14.0. The molecule has 2 aromatic heterocycles. The molecule has 9 rings (SSSR count). The van der Waals surface area contributed by atoms with Crippen LogP contribution in [0.15, 0.2) is 131 Å². The number of nitro benzene ring substituents is 2. The van der Waals surface area contributed by atoms with E-state index in [4.69, 9.17) is 33.2 Å². The quantitative estimate of drug-likeness (QED) is 0.0825. The van der Waals surface area contributed by atoms with Crippen LogP contribution in [0.2, 0.25) is 10.0 Å². The molecular weight excluding hydrogens is 824 g/mol. The number of rotatable bonds is 8. The number of non-ortho nitro benzene ring substituents is 2. The lowest BCUT2D eigenvalue weighted by Crippen LogP contribution is -2.32. The second kappa shape index (κ2) is 14.5. The summed E-state index contributed by atoms with van der Waals surface area (Å²) in [7, 11) is 0. The molecule has 0 aliphatic carbocycles. The molecule has 0 radical (unpaired) electrons. The zero-order valence-corrected chi connectivity index (χ0v) is 32.3. The van der Waals surface area contributed by atoms with E-state index in [0.717, 1.165) is 0 Å². The molecule has 58 heavy (non-hydrogen) atoms. The largest absolute Gasteiger partial charge is 0.284 e. The highest BCUT2D eigenvalue weighted by Gasteiger charge is 2.37. The third kappa shape index (κ3) is 6.79. The Labute approximate surface area is 344 Å². The van der Waals surface area contributed by atoms with Crippen molar-refractivity contribution in [1.82, 2.24) is 9.97 Å². The number of fused-ring (bicyclic) bond motifs is 2. The SMILES string of the molecule is O=C1/C(=C/c2ccc(Cl)cc2)N=C(c2ccc([N+](=O)[O-])cc2)N1c1nc2cc3sc(N4C(=O)/C(=C/c5ccc(Cl)cc5)N=C4c4ccc([N+](=O)[O-])cc4)nc3cc2s1. The van der Waals surface area contributed by atoms with Crippen molar-refractivity contribution in [3.8, 4) is 0 Å². The number of nitro groups is 2. The van der Waals surface area contributed by atoms with E-state index in [1.165, 1.54) is 81.0 Å². The molecule has 2 aliphatic heterocycles. The van der Waals surface area contributed by atoms with E-state index in [-0.39, 0.29) is 34.4 Å². The van der Waals surface area contributed by atoms with E-state index in [1.807, 2.05) is 12.1 Å². The van der Waals surface area contributed by atoms with E-state index >= 15 is 0 Å². The molecule has 2 amide bonds. The number of thiazole rings is 2. The average molecular weight is 844 g/mol. The molecule has 0 unspecified atom stereocenters. The fourth-order valence-electron chi connectivity index (χ4n) is 6.19. The average Bonchev–Trinajstić information content (AvgIpc) is 3.98. The van der Waals surface area contributed by atoms with Gasteiger partial charge in [-0.3, -0.25) is 29.8 Å². The predicted molar refractivity (Wildman–Crippen MR) is 226 cm³/mol. The highest BCUT2D eigenvalue weighted by Crippen LogP contribution is 2.40. The van der Waals surface area contributed by atoms with Crippen molar-refractivity contribution in [2.24, 2.45) is 9.98 Å². The molecular formula is C40H20Cl2N8O6S2. The number of halogens is 2. The van der Waals surface area contributed by atoms with Crippen molar-refractivity contribution in [2.45, 2.75) is 0 Å². The van der Waals surface area contributed by atoms with Crippen LogP contribution in [-0.4, -0.2) is 43.3 Å². The van der Waals surface area contributed by atoms with Crippen LogP contribution in [-0.2, 0) is 9.59 Å². The zero-order chi connectivity index (χ0) is 40.2. The monoisotopic (exact) mass is 842 g/mol. The molecule has 0 N–H and O–H groups in total. The van der Waals surface area contributed by atoms with E-state index in [2.05, 4.69) is 9.98 Å². The van der Waals surface area contributed by atoms with Crippen molar-refractivity contribution >= 4 is 124 Å². The van der Waals surface area contributed by atoms with Crippen molar-refractivity contribution in [3.63, 3.8) is 0 Å². The number of anilines is 2. The molecule has 14 nitrogen and oxygen atoms in total. The molecule has 18 heteroatoms. The molecule has 7 aromatic rings. The summed E-state index contributed by atoms with van der Waals surface area (Å²) in [5, 5.41) is 24.4. The summed E-state index contributed by atoms with van der Waals surface area (Å²) in [6.07, 6.45) is 3.26. The van der Waals surface area contributed by atoms with Gasteiger partial charge in [0.15, 0.2) is 10.3 Å². The second-order valence-electron chi connectivity index (χ2n) is 12.7. The summed E-state index contributed by atoms with van der Waals surface area (Å²) in [5.74, 6) is -0.404. The van der Waals surface area contributed by atoms with Crippen LogP contribution in [0.3, 0.4) is 0 Å². The van der Waals surface area contributed by atoms with Crippen molar-refractivity contribution < 1.29 is 19.4 Å². The van der Waals surface area contributed by atoms with Crippen LogP contribution in [0.5, 0.6) is 0 Å². The van der Waals surface area contributed by atoms with Gasteiger partial charge < -0.3 is 0 Å². The van der Waals surface area contributed by atoms with E-state index < -0.39 is 21.7 Å². The molecule has 5 aromatic carbocycles. The summed E-state index contributed by atoms with van der Waals surface area (Å²) < 4.78 is 1.37. The zero-order valence-electron chi connectivity index (χ0n) is 29.1. The number of carbonyl (C=O) groups is 2. The number of aliphatic imine (C=N–C) groups is 2. The Morgan fingerprint density at radius 1 is 0.552 bits per heavy atom. The number of amides is 2. The van der Waals surface area contributed by atoms with Crippen LogP contribution >= 0.6 is 45.9 Å². The van der Waals surface area contributed by atoms with Crippen LogP contribution in [0.1, 0.15) is 22.3 Å². The molecule has 282 valence electrons. The van der Waals surface area contributed by atoms with Crippen molar-refractivity contribution in [1.29, 1.82) is 0 Å². The Bertz CT molecular complexity index is 2760. The van der Waals surface area contributed by atoms with Gasteiger partial charge >= 0.3 is 0 Å². The minimum atomic E-state index is -0.506. The molecule has 4 heterocycles. The molecule has 2 aliphatic rings. The lowest BCUT2D eigenvalue weighted by atomic mass is 10.2. The van der Waals surface area contributed by atoms with Crippen molar-refractivity contribution in [2.75, 3.05) is 9.80 Å². The third-order valence-corrected chi connectivity index (χ3v) is 11.5. The van der Waals surface area contributed by atoms with Gasteiger partial charge in [-0.05, 0) is 83.9 Å². The van der Waals surface area contributed by atoms with Gasteiger partial charge in [0.2, 0.25) is 0 Å². The minimum Gasteiger partial charge on any atom is -0.266 e. The standard InChI is InChI=1S/C40H20Cl2N8O6S2/c41-25-9-1-21(2-10-25)17-31-37(51)47(35(43-31)23-5-13-27(14-6-23)49(53)54)39-45-29-19-34-30(20-33(29)57-39)46-40(58-34)48-36(24-7-15-28(16-8-24)50(55)56)44-32(38(48)52)18-22-3-11-26(42)12-4-22/h1-20H/b31-17-,32-18-. The first-order chi connectivity index (χ1) is 28.0. The highest BCUT2D eigenvalue weighted by molar-refractivity contribution is 7.24. The first kappa shape index (κ1) is 36.6. The number of hydrogen-bond donors (Lipinski definition) is 0. The Balaban J connectivity index is 1.09. The van der Waals surface area contributed by atoms with Gasteiger partial charge in [-0.2, -0.15) is 0 Å². The van der Waals surface area contributed by atoms with Crippen molar-refractivity contribution in [3.05, 3.63) is 173 Å². The highest BCUT2D eigenvalue weighted by atomic mass is 35.5. The Kier molecular flexibility index (Phi) is 9.17. The summed E-state index contributed by atoms with van der Waals surface area (Å²) >= 11 is 14.6. The summed E-state index contributed by atoms with van der Waals surface area (Å²) in [6.45, 7) is 0.